The van der Waals surface area contributed by atoms with E-state index < -0.39 is 5.97 Å². The summed E-state index contributed by atoms with van der Waals surface area (Å²) < 4.78 is 9.94. The van der Waals surface area contributed by atoms with Crippen LogP contribution in [0.4, 0.5) is 0 Å². The molecule has 0 bridgehead atoms. The second kappa shape index (κ2) is 8.15. The van der Waals surface area contributed by atoms with Crippen LogP contribution in [-0.4, -0.2) is 25.5 Å². The van der Waals surface area contributed by atoms with Crippen molar-refractivity contribution < 1.29 is 19.1 Å². The van der Waals surface area contributed by atoms with Gasteiger partial charge in [-0.05, 0) is 48.0 Å². The normalized spacial score (nSPS) is 10.5. The number of carbonyl (C=O) groups is 2. The van der Waals surface area contributed by atoms with E-state index in [1.54, 1.807) is 61.7 Å². The molecule has 0 saturated heterocycles. The number of ketones is 1. The Morgan fingerprint density at radius 2 is 1.70 bits per heavy atom. The average molecular weight is 331 g/mol. The lowest BCUT2D eigenvalue weighted by Crippen LogP contribution is -2.12. The number of rotatable bonds is 6. The smallest absolute Gasteiger partial charge is 0.331 e. The van der Waals surface area contributed by atoms with E-state index in [0.717, 1.165) is 5.56 Å². The van der Waals surface area contributed by atoms with Crippen molar-refractivity contribution in [2.24, 2.45) is 0 Å². The molecule has 0 heterocycles. The van der Waals surface area contributed by atoms with Crippen molar-refractivity contribution in [1.29, 1.82) is 0 Å². The molecular weight excluding hydrogens is 316 g/mol. The predicted octanol–water partition coefficient (Wildman–Crippen LogP) is 3.79. The van der Waals surface area contributed by atoms with Crippen molar-refractivity contribution >= 4 is 29.4 Å². The molecule has 0 aliphatic heterocycles. The van der Waals surface area contributed by atoms with Gasteiger partial charge in [0.05, 0.1) is 7.11 Å². The van der Waals surface area contributed by atoms with Gasteiger partial charge < -0.3 is 9.47 Å². The Bertz CT molecular complexity index is 703. The summed E-state index contributed by atoms with van der Waals surface area (Å²) in [6.45, 7) is -0.309. The molecule has 0 aromatic heterocycles. The summed E-state index contributed by atoms with van der Waals surface area (Å²) in [7, 11) is 1.55. The molecule has 2 rings (SSSR count). The van der Waals surface area contributed by atoms with Gasteiger partial charge >= 0.3 is 5.97 Å². The third-order valence-electron chi connectivity index (χ3n) is 3.04. The highest BCUT2D eigenvalue weighted by atomic mass is 35.5. The fraction of sp³-hybridized carbons (Fsp3) is 0.111. The molecule has 0 unspecified atom stereocenters. The number of methoxy groups -OCH3 is 1. The summed E-state index contributed by atoms with van der Waals surface area (Å²) in [4.78, 5) is 23.5. The van der Waals surface area contributed by atoms with Crippen LogP contribution in [-0.2, 0) is 9.53 Å². The molecule has 2 aromatic rings. The van der Waals surface area contributed by atoms with Gasteiger partial charge in [0, 0.05) is 16.7 Å². The van der Waals surface area contributed by atoms with E-state index in [4.69, 9.17) is 21.1 Å². The van der Waals surface area contributed by atoms with Crippen molar-refractivity contribution in [3.05, 3.63) is 70.8 Å². The fourth-order valence-corrected chi connectivity index (χ4v) is 1.91. The van der Waals surface area contributed by atoms with Gasteiger partial charge in [-0.1, -0.05) is 23.7 Å². The number of benzene rings is 2. The monoisotopic (exact) mass is 330 g/mol. The summed E-state index contributed by atoms with van der Waals surface area (Å²) in [5.41, 5.74) is 1.27. The van der Waals surface area contributed by atoms with E-state index in [1.165, 1.54) is 6.08 Å². The third kappa shape index (κ3) is 5.27. The molecule has 4 nitrogen and oxygen atoms in total. The fourth-order valence-electron chi connectivity index (χ4n) is 1.78. The highest BCUT2D eigenvalue weighted by Crippen LogP contribution is 2.12. The van der Waals surface area contributed by atoms with Crippen LogP contribution >= 0.6 is 11.6 Å². The van der Waals surface area contributed by atoms with Crippen LogP contribution < -0.4 is 4.74 Å². The molecule has 2 aromatic carbocycles. The molecule has 0 saturated carbocycles. The van der Waals surface area contributed by atoms with Crippen LogP contribution in [0.1, 0.15) is 15.9 Å². The van der Waals surface area contributed by atoms with Crippen molar-refractivity contribution in [3.63, 3.8) is 0 Å². The van der Waals surface area contributed by atoms with Gasteiger partial charge in [-0.15, -0.1) is 0 Å². The highest BCUT2D eigenvalue weighted by Gasteiger charge is 2.08. The standard InChI is InChI=1S/C18H15ClO4/c1-22-16-9-5-14(6-10-16)17(20)12-23-18(21)11-4-13-2-7-15(19)8-3-13/h2-11H,12H2,1H3/b11-4+. The topological polar surface area (TPSA) is 52.6 Å². The summed E-state index contributed by atoms with van der Waals surface area (Å²) >= 11 is 5.78. The Hall–Kier alpha value is -2.59. The lowest BCUT2D eigenvalue weighted by atomic mass is 10.1. The predicted molar refractivity (Wildman–Crippen MR) is 88.8 cm³/mol. The molecule has 23 heavy (non-hydrogen) atoms. The SMILES string of the molecule is COc1ccc(C(=O)COC(=O)/C=C/c2ccc(Cl)cc2)cc1. The van der Waals surface area contributed by atoms with Gasteiger partial charge in [0.1, 0.15) is 5.75 Å². The Morgan fingerprint density at radius 3 is 2.30 bits per heavy atom. The van der Waals surface area contributed by atoms with Crippen molar-refractivity contribution in [2.45, 2.75) is 0 Å². The molecule has 0 fully saturated rings. The molecule has 118 valence electrons. The molecule has 0 aliphatic carbocycles. The van der Waals surface area contributed by atoms with Crippen LogP contribution in [0, 0.1) is 0 Å². The number of hydrogen-bond donors (Lipinski definition) is 0. The minimum absolute atomic E-state index is 0.277. The van der Waals surface area contributed by atoms with E-state index >= 15 is 0 Å². The lowest BCUT2D eigenvalue weighted by Gasteiger charge is -2.03. The van der Waals surface area contributed by atoms with E-state index in [-0.39, 0.29) is 12.4 Å². The van der Waals surface area contributed by atoms with Crippen LogP contribution in [0.25, 0.3) is 6.08 Å². The van der Waals surface area contributed by atoms with Crippen LogP contribution in [0.2, 0.25) is 5.02 Å². The van der Waals surface area contributed by atoms with E-state index in [1.807, 2.05) is 0 Å². The van der Waals surface area contributed by atoms with Gasteiger partial charge in [-0.25, -0.2) is 4.79 Å². The van der Waals surface area contributed by atoms with Crippen molar-refractivity contribution in [3.8, 4) is 5.75 Å². The van der Waals surface area contributed by atoms with Gasteiger partial charge in [0.15, 0.2) is 12.4 Å². The third-order valence-corrected chi connectivity index (χ3v) is 3.29. The maximum absolute atomic E-state index is 11.9. The van der Waals surface area contributed by atoms with E-state index in [0.29, 0.717) is 16.3 Å². The van der Waals surface area contributed by atoms with Crippen LogP contribution in [0.3, 0.4) is 0 Å². The Balaban J connectivity index is 1.85. The first kappa shape index (κ1) is 16.8. The van der Waals surface area contributed by atoms with Gasteiger partial charge in [0.25, 0.3) is 0 Å². The Kier molecular flexibility index (Phi) is 5.94. The number of halogens is 1. The number of ether oxygens (including phenoxy) is 2. The zero-order chi connectivity index (χ0) is 16.7. The van der Waals surface area contributed by atoms with Gasteiger partial charge in [-0.2, -0.15) is 0 Å². The van der Waals surface area contributed by atoms with Gasteiger partial charge in [0.2, 0.25) is 0 Å². The number of esters is 1. The molecule has 0 aliphatic rings. The summed E-state index contributed by atoms with van der Waals surface area (Å²) in [6, 6.07) is 13.6. The lowest BCUT2D eigenvalue weighted by molar-refractivity contribution is -0.136. The number of Topliss-reactive ketones (excluding diaryl/α,β-unsaturated/α-hetero) is 1. The minimum Gasteiger partial charge on any atom is -0.497 e. The molecule has 0 amide bonds. The molecule has 0 N–H and O–H groups in total. The Labute approximate surface area is 139 Å². The minimum atomic E-state index is -0.582. The Morgan fingerprint density at radius 1 is 1.04 bits per heavy atom. The van der Waals surface area contributed by atoms with E-state index in [9.17, 15) is 9.59 Å². The van der Waals surface area contributed by atoms with Crippen molar-refractivity contribution in [1.82, 2.24) is 0 Å². The zero-order valence-electron chi connectivity index (χ0n) is 12.5. The maximum atomic E-state index is 11.9. The molecule has 0 radical (unpaired) electrons. The molecule has 0 atom stereocenters. The van der Waals surface area contributed by atoms with Crippen LogP contribution in [0.15, 0.2) is 54.6 Å². The summed E-state index contributed by atoms with van der Waals surface area (Å²) in [6.07, 6.45) is 2.86. The molecule has 0 spiro atoms. The molecular formula is C18H15ClO4. The second-order valence-electron chi connectivity index (χ2n) is 4.64. The highest BCUT2D eigenvalue weighted by molar-refractivity contribution is 6.30. The number of hydrogen-bond acceptors (Lipinski definition) is 4. The maximum Gasteiger partial charge on any atom is 0.331 e. The molecule has 5 heteroatoms. The first-order valence-electron chi connectivity index (χ1n) is 6.86. The number of carbonyl (C=O) groups excluding carboxylic acids is 2. The first-order chi connectivity index (χ1) is 11.1. The van der Waals surface area contributed by atoms with E-state index in [2.05, 4.69) is 0 Å². The largest absolute Gasteiger partial charge is 0.497 e. The second-order valence-corrected chi connectivity index (χ2v) is 5.08. The van der Waals surface area contributed by atoms with Gasteiger partial charge in [-0.3, -0.25) is 4.79 Å². The zero-order valence-corrected chi connectivity index (χ0v) is 13.2. The summed E-state index contributed by atoms with van der Waals surface area (Å²) in [5.74, 6) is -0.202. The quantitative estimate of drug-likeness (QED) is 0.459. The van der Waals surface area contributed by atoms with Crippen molar-refractivity contribution in [2.75, 3.05) is 13.7 Å². The average Bonchev–Trinajstić information content (AvgIpc) is 2.59. The summed E-state index contributed by atoms with van der Waals surface area (Å²) in [5, 5.41) is 0.620. The van der Waals surface area contributed by atoms with Crippen LogP contribution in [0.5, 0.6) is 5.75 Å². The first-order valence-corrected chi connectivity index (χ1v) is 7.24.